The average Bonchev–Trinajstić information content (AvgIpc) is 3.12. The van der Waals surface area contributed by atoms with E-state index in [-0.39, 0.29) is 11.3 Å². The lowest BCUT2D eigenvalue weighted by molar-refractivity contribution is 0.237. The van der Waals surface area contributed by atoms with Crippen LogP contribution in [0.4, 0.5) is 5.95 Å². The molecule has 4 rings (SSSR count). The van der Waals surface area contributed by atoms with Crippen molar-refractivity contribution in [3.05, 3.63) is 50.4 Å². The molecular weight excluding hydrogens is 340 g/mol. The Hall–Kier alpha value is -2.05. The number of phenols is 1. The van der Waals surface area contributed by atoms with Gasteiger partial charge in [0.05, 0.1) is 5.69 Å². The van der Waals surface area contributed by atoms with E-state index in [1.807, 2.05) is 0 Å². The molecule has 2 aromatic rings. The maximum absolute atomic E-state index is 12.4. The normalized spacial score (nSPS) is 17.7. The number of rotatable bonds is 3. The number of fused-ring (bicyclic) bond motifs is 1. The molecule has 0 spiro atoms. The van der Waals surface area contributed by atoms with Crippen molar-refractivity contribution in [2.24, 2.45) is 0 Å². The van der Waals surface area contributed by atoms with Gasteiger partial charge < -0.3 is 10.0 Å². The van der Waals surface area contributed by atoms with Gasteiger partial charge in [-0.15, -0.1) is 0 Å². The van der Waals surface area contributed by atoms with Crippen molar-refractivity contribution in [1.82, 2.24) is 14.9 Å². The number of nitrogens with one attached hydrogen (secondary N) is 1. The number of aromatic amines is 1. The third kappa shape index (κ3) is 3.37. The van der Waals surface area contributed by atoms with Crippen LogP contribution in [-0.4, -0.2) is 39.6 Å². The standard InChI is InChI=1S/C18H21ClN4O2/c19-13-3-4-16(24)12(9-13)10-22-8-5-14-15(11-22)20-18(21-17(14)25)23-6-1-2-7-23/h3-4,9,24H,1-2,5-8,10-11H2,(H,20,21,25). The van der Waals surface area contributed by atoms with Crippen LogP contribution in [0.25, 0.3) is 0 Å². The number of phenolic OH excluding ortho intramolecular Hbond substituents is 1. The van der Waals surface area contributed by atoms with E-state index in [0.29, 0.717) is 30.5 Å². The van der Waals surface area contributed by atoms with Gasteiger partial charge in [0.25, 0.3) is 5.56 Å². The summed E-state index contributed by atoms with van der Waals surface area (Å²) in [5.74, 6) is 0.931. The number of nitrogens with zero attached hydrogens (tertiary/aromatic N) is 3. The Bertz CT molecular complexity index is 845. The average molecular weight is 361 g/mol. The molecule has 0 unspecified atom stereocenters. The van der Waals surface area contributed by atoms with Gasteiger partial charge in [0.2, 0.25) is 5.95 Å². The fourth-order valence-electron chi connectivity index (χ4n) is 3.62. The molecule has 1 aromatic heterocycles. The van der Waals surface area contributed by atoms with Crippen molar-refractivity contribution in [1.29, 1.82) is 0 Å². The molecule has 6 nitrogen and oxygen atoms in total. The topological polar surface area (TPSA) is 72.5 Å². The van der Waals surface area contributed by atoms with Crippen LogP contribution in [0, 0.1) is 0 Å². The van der Waals surface area contributed by atoms with Gasteiger partial charge in [-0.3, -0.25) is 14.7 Å². The van der Waals surface area contributed by atoms with E-state index in [9.17, 15) is 9.90 Å². The second-order valence-corrected chi connectivity index (χ2v) is 7.18. The zero-order valence-electron chi connectivity index (χ0n) is 14.0. The van der Waals surface area contributed by atoms with E-state index in [1.165, 1.54) is 0 Å². The zero-order chi connectivity index (χ0) is 17.4. The van der Waals surface area contributed by atoms with E-state index < -0.39 is 0 Å². The summed E-state index contributed by atoms with van der Waals surface area (Å²) in [6.07, 6.45) is 2.95. The molecule has 132 valence electrons. The highest BCUT2D eigenvalue weighted by atomic mass is 35.5. The summed E-state index contributed by atoms with van der Waals surface area (Å²) in [5, 5.41) is 10.6. The van der Waals surface area contributed by atoms with Crippen molar-refractivity contribution in [2.45, 2.75) is 32.4 Å². The molecule has 3 heterocycles. The number of hydrogen-bond donors (Lipinski definition) is 2. The summed E-state index contributed by atoms with van der Waals surface area (Å²) in [6, 6.07) is 5.08. The Balaban J connectivity index is 1.57. The van der Waals surface area contributed by atoms with Crippen LogP contribution in [0.3, 0.4) is 0 Å². The monoisotopic (exact) mass is 360 g/mol. The second kappa shape index (κ2) is 6.69. The number of aromatic hydroxyl groups is 1. The van der Waals surface area contributed by atoms with E-state index >= 15 is 0 Å². The van der Waals surface area contributed by atoms with Crippen molar-refractivity contribution in [2.75, 3.05) is 24.5 Å². The van der Waals surface area contributed by atoms with E-state index in [4.69, 9.17) is 16.6 Å². The van der Waals surface area contributed by atoms with E-state index in [0.717, 1.165) is 49.3 Å². The highest BCUT2D eigenvalue weighted by Gasteiger charge is 2.24. The highest BCUT2D eigenvalue weighted by Crippen LogP contribution is 2.25. The number of hydrogen-bond acceptors (Lipinski definition) is 5. The molecule has 2 aliphatic rings. The maximum Gasteiger partial charge on any atom is 0.255 e. The Morgan fingerprint density at radius 3 is 2.84 bits per heavy atom. The molecule has 1 fully saturated rings. The smallest absolute Gasteiger partial charge is 0.255 e. The molecule has 2 N–H and O–H groups in total. The molecule has 0 bridgehead atoms. The number of H-pyrrole nitrogens is 1. The van der Waals surface area contributed by atoms with Crippen LogP contribution in [0.2, 0.25) is 5.02 Å². The third-order valence-electron chi connectivity index (χ3n) is 4.98. The van der Waals surface area contributed by atoms with Crippen LogP contribution < -0.4 is 10.5 Å². The highest BCUT2D eigenvalue weighted by molar-refractivity contribution is 6.30. The molecule has 1 aromatic carbocycles. The minimum Gasteiger partial charge on any atom is -0.508 e. The van der Waals surface area contributed by atoms with Crippen LogP contribution in [0.5, 0.6) is 5.75 Å². The number of anilines is 1. The molecule has 7 heteroatoms. The zero-order valence-corrected chi connectivity index (χ0v) is 14.7. The van der Waals surface area contributed by atoms with Gasteiger partial charge in [-0.2, -0.15) is 0 Å². The predicted molar refractivity (Wildman–Crippen MR) is 97.2 cm³/mol. The Labute approximate surface area is 151 Å². The predicted octanol–water partition coefficient (Wildman–Crippen LogP) is 2.29. The molecule has 25 heavy (non-hydrogen) atoms. The fraction of sp³-hybridized carbons (Fsp3) is 0.444. The quantitative estimate of drug-likeness (QED) is 0.878. The molecule has 1 saturated heterocycles. The maximum atomic E-state index is 12.4. The number of aromatic nitrogens is 2. The van der Waals surface area contributed by atoms with Crippen LogP contribution in [0.1, 0.15) is 29.7 Å². The lowest BCUT2D eigenvalue weighted by atomic mass is 10.1. The van der Waals surface area contributed by atoms with E-state index in [1.54, 1.807) is 18.2 Å². The summed E-state index contributed by atoms with van der Waals surface area (Å²) >= 11 is 6.04. The third-order valence-corrected chi connectivity index (χ3v) is 5.22. The minimum absolute atomic E-state index is 0.0165. The number of benzene rings is 1. The number of halogens is 1. The summed E-state index contributed by atoms with van der Waals surface area (Å²) in [5.41, 5.74) is 2.41. The largest absolute Gasteiger partial charge is 0.508 e. The molecular formula is C18H21ClN4O2. The van der Waals surface area contributed by atoms with Crippen LogP contribution in [-0.2, 0) is 19.5 Å². The van der Waals surface area contributed by atoms with Crippen LogP contribution >= 0.6 is 11.6 Å². The Morgan fingerprint density at radius 1 is 1.24 bits per heavy atom. The Kier molecular flexibility index (Phi) is 4.39. The van der Waals surface area contributed by atoms with Gasteiger partial charge >= 0.3 is 0 Å². The molecule has 0 radical (unpaired) electrons. The van der Waals surface area contributed by atoms with Crippen molar-refractivity contribution < 1.29 is 5.11 Å². The summed E-state index contributed by atoms with van der Waals surface area (Å²) in [6.45, 7) is 3.84. The molecule has 0 atom stereocenters. The van der Waals surface area contributed by atoms with Crippen molar-refractivity contribution >= 4 is 17.5 Å². The Morgan fingerprint density at radius 2 is 2.04 bits per heavy atom. The summed E-state index contributed by atoms with van der Waals surface area (Å²) in [7, 11) is 0. The van der Waals surface area contributed by atoms with Gasteiger partial charge in [-0.05, 0) is 37.5 Å². The van der Waals surface area contributed by atoms with Crippen LogP contribution in [0.15, 0.2) is 23.0 Å². The second-order valence-electron chi connectivity index (χ2n) is 6.74. The van der Waals surface area contributed by atoms with Gasteiger partial charge in [0.1, 0.15) is 5.75 Å². The molecule has 0 saturated carbocycles. The first kappa shape index (κ1) is 16.4. The summed E-state index contributed by atoms with van der Waals surface area (Å²) in [4.78, 5) is 24.4. The first-order chi connectivity index (χ1) is 12.1. The molecule has 0 amide bonds. The van der Waals surface area contributed by atoms with Crippen molar-refractivity contribution in [3.8, 4) is 5.75 Å². The first-order valence-electron chi connectivity index (χ1n) is 8.67. The molecule has 2 aliphatic heterocycles. The molecule has 0 aliphatic carbocycles. The van der Waals surface area contributed by atoms with Gasteiger partial charge in [-0.1, -0.05) is 11.6 Å². The van der Waals surface area contributed by atoms with Gasteiger partial charge in [0.15, 0.2) is 0 Å². The summed E-state index contributed by atoms with van der Waals surface area (Å²) < 4.78 is 0. The lowest BCUT2D eigenvalue weighted by Crippen LogP contribution is -2.36. The van der Waals surface area contributed by atoms with Crippen molar-refractivity contribution in [3.63, 3.8) is 0 Å². The lowest BCUT2D eigenvalue weighted by Gasteiger charge is -2.28. The van der Waals surface area contributed by atoms with E-state index in [2.05, 4.69) is 14.8 Å². The van der Waals surface area contributed by atoms with Gasteiger partial charge in [-0.25, -0.2) is 4.98 Å². The SMILES string of the molecule is O=c1[nH]c(N2CCCC2)nc2c1CCN(Cc1cc(Cl)ccc1O)C2. The first-order valence-corrected chi connectivity index (χ1v) is 9.05. The van der Waals surface area contributed by atoms with Gasteiger partial charge in [0, 0.05) is 48.9 Å². The minimum atomic E-state index is -0.0165. The fourth-order valence-corrected chi connectivity index (χ4v) is 3.81.